The van der Waals surface area contributed by atoms with Crippen LogP contribution < -0.4 is 14.4 Å². The van der Waals surface area contributed by atoms with Crippen molar-refractivity contribution in [3.05, 3.63) is 108 Å². The third kappa shape index (κ3) is 3.56. The first-order valence-corrected chi connectivity index (χ1v) is 10.4. The van der Waals surface area contributed by atoms with Crippen LogP contribution in [0.15, 0.2) is 97.1 Å². The van der Waals surface area contributed by atoms with Crippen molar-refractivity contribution < 1.29 is 19.2 Å². The molecule has 1 aromatic heterocycles. The maximum Gasteiger partial charge on any atom is 0.214 e. The fourth-order valence-electron chi connectivity index (χ4n) is 4.16. The molecular formula is C28H21NO3. The lowest BCUT2D eigenvalue weighted by Gasteiger charge is -2.12. The highest BCUT2D eigenvalue weighted by molar-refractivity contribution is 6.11. The summed E-state index contributed by atoms with van der Waals surface area (Å²) < 4.78 is 7.91. The number of nitrogens with zero attached hydrogens (tertiary/aromatic N) is 1. The van der Waals surface area contributed by atoms with E-state index in [-0.39, 0.29) is 5.56 Å². The maximum absolute atomic E-state index is 12.0. The first kappa shape index (κ1) is 19.8. The summed E-state index contributed by atoms with van der Waals surface area (Å²) in [5.74, 6) is -0.367. The first-order valence-electron chi connectivity index (χ1n) is 10.4. The summed E-state index contributed by atoms with van der Waals surface area (Å²) in [5, 5.41) is 13.3. The number of fused-ring (bicyclic) bond motifs is 2. The number of ether oxygens (including phenoxy) is 1. The lowest BCUT2D eigenvalue weighted by molar-refractivity contribution is -0.617. The summed E-state index contributed by atoms with van der Waals surface area (Å²) >= 11 is 0. The Morgan fingerprint density at radius 2 is 1.44 bits per heavy atom. The molecule has 0 aliphatic rings. The van der Waals surface area contributed by atoms with Crippen molar-refractivity contribution in [1.82, 2.24) is 0 Å². The normalized spacial score (nSPS) is 11.0. The number of hydrogen-bond acceptors (Lipinski definition) is 3. The third-order valence-electron chi connectivity index (χ3n) is 5.80. The van der Waals surface area contributed by atoms with Crippen LogP contribution in [-0.4, -0.2) is 5.97 Å². The van der Waals surface area contributed by atoms with Crippen LogP contribution in [0.5, 0.6) is 5.75 Å². The van der Waals surface area contributed by atoms with Crippen LogP contribution in [0.1, 0.15) is 15.9 Å². The number of aromatic nitrogens is 1. The van der Waals surface area contributed by atoms with Crippen molar-refractivity contribution in [2.45, 2.75) is 6.61 Å². The van der Waals surface area contributed by atoms with E-state index in [0.717, 1.165) is 33.5 Å². The molecule has 4 nitrogen and oxygen atoms in total. The summed E-state index contributed by atoms with van der Waals surface area (Å²) in [6.45, 7) is 0.519. The molecule has 0 aliphatic heterocycles. The number of aryl methyl sites for hydroxylation is 1. The number of benzene rings is 4. The molecule has 0 spiro atoms. The van der Waals surface area contributed by atoms with E-state index in [1.54, 1.807) is 0 Å². The standard InChI is InChI=1S/C28H21NO3/c1-29-25-10-6-5-9-23(25)27(28(30)31)24-16-13-21(17-26(24)29)20-11-14-22(15-12-20)32-18-19-7-3-2-4-8-19/h2-17H,18H2,1H3. The van der Waals surface area contributed by atoms with Crippen LogP contribution in [0.3, 0.4) is 0 Å². The van der Waals surface area contributed by atoms with Gasteiger partial charge in [0, 0.05) is 17.7 Å². The molecule has 0 aliphatic carbocycles. The molecule has 5 aromatic rings. The minimum atomic E-state index is -1.17. The maximum atomic E-state index is 12.0. The van der Waals surface area contributed by atoms with Gasteiger partial charge in [-0.1, -0.05) is 60.7 Å². The van der Waals surface area contributed by atoms with Crippen LogP contribution in [0.25, 0.3) is 32.9 Å². The Bertz CT molecular complexity index is 1440. The van der Waals surface area contributed by atoms with E-state index >= 15 is 0 Å². The number of pyridine rings is 1. The van der Waals surface area contributed by atoms with E-state index in [9.17, 15) is 9.90 Å². The number of para-hydroxylation sites is 1. The fourth-order valence-corrected chi connectivity index (χ4v) is 4.16. The molecule has 0 bridgehead atoms. The molecule has 0 fully saturated rings. The Morgan fingerprint density at radius 3 is 2.19 bits per heavy atom. The molecule has 0 radical (unpaired) electrons. The van der Waals surface area contributed by atoms with Gasteiger partial charge in [-0.25, -0.2) is 0 Å². The Morgan fingerprint density at radius 1 is 0.781 bits per heavy atom. The van der Waals surface area contributed by atoms with Gasteiger partial charge >= 0.3 is 0 Å². The van der Waals surface area contributed by atoms with E-state index in [1.165, 1.54) is 0 Å². The van der Waals surface area contributed by atoms with Crippen LogP contribution in [0, 0.1) is 0 Å². The molecule has 0 N–H and O–H groups in total. The second kappa shape index (κ2) is 8.16. The Kier molecular flexibility index (Phi) is 5.04. The van der Waals surface area contributed by atoms with Gasteiger partial charge in [-0.15, -0.1) is 0 Å². The second-order valence-electron chi connectivity index (χ2n) is 7.77. The Hall–Kier alpha value is -4.18. The predicted octanol–water partition coefficient (Wildman–Crippen LogP) is 4.43. The molecule has 0 saturated heterocycles. The van der Waals surface area contributed by atoms with Gasteiger partial charge in [0.05, 0.1) is 16.7 Å². The van der Waals surface area contributed by atoms with Crippen LogP contribution in [-0.2, 0) is 13.7 Å². The van der Waals surface area contributed by atoms with E-state index in [2.05, 4.69) is 0 Å². The average Bonchev–Trinajstić information content (AvgIpc) is 2.84. The zero-order chi connectivity index (χ0) is 22.1. The zero-order valence-electron chi connectivity index (χ0n) is 17.6. The van der Waals surface area contributed by atoms with Gasteiger partial charge in [0.2, 0.25) is 11.0 Å². The molecule has 5 rings (SSSR count). The first-order chi connectivity index (χ1) is 15.6. The molecule has 0 unspecified atom stereocenters. The Balaban J connectivity index is 1.51. The Labute approximate surface area is 186 Å². The minimum Gasteiger partial charge on any atom is -0.545 e. The summed E-state index contributed by atoms with van der Waals surface area (Å²) in [5.41, 5.74) is 5.06. The second-order valence-corrected chi connectivity index (χ2v) is 7.77. The predicted molar refractivity (Wildman–Crippen MR) is 123 cm³/mol. The van der Waals surface area contributed by atoms with E-state index in [4.69, 9.17) is 4.74 Å². The van der Waals surface area contributed by atoms with Gasteiger partial charge in [-0.2, -0.15) is 4.57 Å². The molecule has 0 saturated carbocycles. The van der Waals surface area contributed by atoms with E-state index < -0.39 is 5.97 Å². The van der Waals surface area contributed by atoms with Crippen molar-refractivity contribution in [3.63, 3.8) is 0 Å². The van der Waals surface area contributed by atoms with Crippen LogP contribution >= 0.6 is 0 Å². The number of rotatable bonds is 5. The highest BCUT2D eigenvalue weighted by Crippen LogP contribution is 2.29. The summed E-state index contributed by atoms with van der Waals surface area (Å²) in [6.07, 6.45) is 0. The smallest absolute Gasteiger partial charge is 0.214 e. The number of carboxylic acids is 1. The number of carbonyl (C=O) groups is 1. The summed E-state index contributed by atoms with van der Waals surface area (Å²) in [7, 11) is 1.95. The van der Waals surface area contributed by atoms with Gasteiger partial charge in [-0.3, -0.25) is 0 Å². The van der Waals surface area contributed by atoms with Gasteiger partial charge in [0.1, 0.15) is 19.4 Å². The third-order valence-corrected chi connectivity index (χ3v) is 5.80. The molecule has 4 heteroatoms. The molecule has 0 amide bonds. The van der Waals surface area contributed by atoms with Crippen molar-refractivity contribution >= 4 is 27.8 Å². The van der Waals surface area contributed by atoms with Crippen molar-refractivity contribution in [2.75, 3.05) is 0 Å². The van der Waals surface area contributed by atoms with Gasteiger partial charge < -0.3 is 14.6 Å². The van der Waals surface area contributed by atoms with Gasteiger partial charge in [-0.05, 0) is 41.0 Å². The highest BCUT2D eigenvalue weighted by Gasteiger charge is 2.19. The van der Waals surface area contributed by atoms with Gasteiger partial charge in [0.25, 0.3) is 0 Å². The fraction of sp³-hybridized carbons (Fsp3) is 0.0714. The monoisotopic (exact) mass is 419 g/mol. The molecular weight excluding hydrogens is 398 g/mol. The number of aromatic carboxylic acids is 1. The van der Waals surface area contributed by atoms with E-state index in [0.29, 0.717) is 17.4 Å². The summed E-state index contributed by atoms with van der Waals surface area (Å²) in [4.78, 5) is 12.0. The van der Waals surface area contributed by atoms with Crippen LogP contribution in [0.4, 0.5) is 0 Å². The molecule has 0 atom stereocenters. The van der Waals surface area contributed by atoms with Crippen LogP contribution in [0.2, 0.25) is 0 Å². The zero-order valence-corrected chi connectivity index (χ0v) is 17.6. The average molecular weight is 419 g/mol. The largest absolute Gasteiger partial charge is 0.545 e. The topological polar surface area (TPSA) is 53.2 Å². The molecule has 32 heavy (non-hydrogen) atoms. The van der Waals surface area contributed by atoms with Gasteiger partial charge in [0.15, 0.2) is 0 Å². The molecule has 156 valence electrons. The minimum absolute atomic E-state index is 0.227. The highest BCUT2D eigenvalue weighted by atomic mass is 16.5. The van der Waals surface area contributed by atoms with Crippen molar-refractivity contribution in [1.29, 1.82) is 0 Å². The SMILES string of the molecule is C[n+]1c2ccccc2c(C(=O)[O-])c2ccc(-c3ccc(OCc4ccccc4)cc3)cc21. The quantitative estimate of drug-likeness (QED) is 0.313. The lowest BCUT2D eigenvalue weighted by atomic mass is 9.98. The lowest BCUT2D eigenvalue weighted by Crippen LogP contribution is -2.33. The van der Waals surface area contributed by atoms with E-state index in [1.807, 2.05) is 109 Å². The number of carboxylic acid groups (broad SMARTS) is 1. The molecule has 1 heterocycles. The molecule has 4 aromatic carbocycles. The summed E-state index contributed by atoms with van der Waals surface area (Å²) in [6, 6.07) is 31.3. The van der Waals surface area contributed by atoms with Crippen molar-refractivity contribution in [3.8, 4) is 16.9 Å². The number of hydrogen-bond donors (Lipinski definition) is 0. The van der Waals surface area contributed by atoms with Crippen molar-refractivity contribution in [2.24, 2.45) is 7.05 Å². The number of carbonyl (C=O) groups excluding carboxylic acids is 1.